The van der Waals surface area contributed by atoms with Gasteiger partial charge >= 0.3 is 16.3 Å². The zero-order chi connectivity index (χ0) is 24.5. The normalized spacial score (nSPS) is 14.7. The van der Waals surface area contributed by atoms with Gasteiger partial charge in [-0.2, -0.15) is 13.6 Å². The van der Waals surface area contributed by atoms with Crippen molar-refractivity contribution in [3.8, 4) is 22.8 Å². The molecule has 1 aliphatic heterocycles. The summed E-state index contributed by atoms with van der Waals surface area (Å²) >= 11 is 0. The number of carbonyl (C=O) groups is 1. The molecule has 0 aliphatic carbocycles. The van der Waals surface area contributed by atoms with E-state index in [0.717, 1.165) is 37.2 Å². The number of anilines is 1. The molecule has 10 nitrogen and oxygen atoms in total. The Morgan fingerprint density at radius 3 is 2.62 bits per heavy atom. The summed E-state index contributed by atoms with van der Waals surface area (Å²) in [6, 6.07) is 11.8. The molecule has 1 aliphatic rings. The van der Waals surface area contributed by atoms with Crippen LogP contribution in [0.3, 0.4) is 0 Å². The molecule has 2 aromatic carbocycles. The van der Waals surface area contributed by atoms with Crippen molar-refractivity contribution in [3.05, 3.63) is 60.6 Å². The van der Waals surface area contributed by atoms with Crippen LogP contribution in [-0.2, 0) is 10.3 Å². The van der Waals surface area contributed by atoms with Crippen LogP contribution in [0.25, 0.3) is 11.3 Å². The van der Waals surface area contributed by atoms with Crippen LogP contribution in [0.5, 0.6) is 11.5 Å². The Kier molecular flexibility index (Phi) is 6.49. The lowest BCUT2D eigenvalue weighted by molar-refractivity contribution is 0.181. The zero-order valence-electron chi connectivity index (χ0n) is 19.0. The maximum atomic E-state index is 13.1. The van der Waals surface area contributed by atoms with Crippen molar-refractivity contribution in [3.63, 3.8) is 0 Å². The van der Waals surface area contributed by atoms with E-state index in [4.69, 9.17) is 9.32 Å². The van der Waals surface area contributed by atoms with Gasteiger partial charge in [0.25, 0.3) is 0 Å². The van der Waals surface area contributed by atoms with Gasteiger partial charge in [-0.15, -0.1) is 0 Å². The minimum atomic E-state index is -4.14. The first-order valence-corrected chi connectivity index (χ1v) is 12.3. The van der Waals surface area contributed by atoms with Gasteiger partial charge in [0.1, 0.15) is 17.8 Å². The second-order valence-corrected chi connectivity index (χ2v) is 9.50. The number of hydrogen-bond donors (Lipinski definition) is 2. The van der Waals surface area contributed by atoms with Crippen LogP contribution in [0.1, 0.15) is 18.4 Å². The van der Waals surface area contributed by atoms with E-state index < -0.39 is 10.3 Å². The Balaban J connectivity index is 1.40. The maximum absolute atomic E-state index is 13.1. The number of aromatic hydroxyl groups is 1. The number of piperidine rings is 1. The number of benzene rings is 2. The lowest BCUT2D eigenvalue weighted by Gasteiger charge is -2.37. The molecule has 0 spiro atoms. The summed E-state index contributed by atoms with van der Waals surface area (Å²) in [5.74, 6) is 0.344. The number of phenolic OH excluding ortho intramolecular Hbond substituents is 1. The van der Waals surface area contributed by atoms with E-state index in [9.17, 15) is 18.3 Å². The third kappa shape index (κ3) is 5.32. The van der Waals surface area contributed by atoms with E-state index in [2.05, 4.69) is 9.88 Å². The van der Waals surface area contributed by atoms with E-state index in [1.807, 2.05) is 19.1 Å². The second kappa shape index (κ2) is 9.35. The average Bonchev–Trinajstić information content (AvgIpc) is 3.29. The van der Waals surface area contributed by atoms with Crippen LogP contribution in [0.15, 0.2) is 55.0 Å². The van der Waals surface area contributed by atoms with Crippen LogP contribution < -0.4 is 14.2 Å². The molecular formula is C23H27N5O5S. The summed E-state index contributed by atoms with van der Waals surface area (Å²) in [7, 11) is -2.36. The molecule has 180 valence electrons. The number of nitrogens with two attached hydrogens (primary N) is 1. The van der Waals surface area contributed by atoms with E-state index in [-0.39, 0.29) is 23.6 Å². The van der Waals surface area contributed by atoms with Gasteiger partial charge in [0.15, 0.2) is 0 Å². The smallest absolute Gasteiger partial charge is 0.380 e. The van der Waals surface area contributed by atoms with Crippen LogP contribution in [0.4, 0.5) is 10.5 Å². The lowest BCUT2D eigenvalue weighted by atomic mass is 10.0. The standard InChI is InChI=1S/C23H27N5O5S/c1-16-6-7-19(13-22(16)29)27-10-8-18(9-11-27)26(2)23(30)28-14-21(25-15-28)17-4-3-5-20(12-17)33-34(24,31)32/h3-7,12-15,18,29H,8-11H2,1-2H3,(H2,24,31,32). The van der Waals surface area contributed by atoms with Gasteiger partial charge in [0, 0.05) is 49.7 Å². The van der Waals surface area contributed by atoms with E-state index in [1.54, 1.807) is 36.3 Å². The molecule has 1 saturated heterocycles. The van der Waals surface area contributed by atoms with Gasteiger partial charge in [-0.05, 0) is 43.5 Å². The zero-order valence-corrected chi connectivity index (χ0v) is 19.8. The molecule has 4 rings (SSSR count). The molecule has 11 heteroatoms. The molecule has 0 saturated carbocycles. The van der Waals surface area contributed by atoms with E-state index in [0.29, 0.717) is 11.3 Å². The fourth-order valence-corrected chi connectivity index (χ4v) is 4.43. The first kappa shape index (κ1) is 23.6. The number of aromatic nitrogens is 2. The van der Waals surface area contributed by atoms with Crippen molar-refractivity contribution in [1.29, 1.82) is 0 Å². The van der Waals surface area contributed by atoms with Gasteiger partial charge in [-0.3, -0.25) is 4.57 Å². The predicted octanol–water partition coefficient (Wildman–Crippen LogP) is 2.72. The number of imidazole rings is 1. The summed E-state index contributed by atoms with van der Waals surface area (Å²) in [6.07, 6.45) is 4.63. The Morgan fingerprint density at radius 2 is 1.94 bits per heavy atom. The number of carbonyl (C=O) groups excluding carboxylic acids is 1. The summed E-state index contributed by atoms with van der Waals surface area (Å²) in [4.78, 5) is 21.3. The molecule has 1 fully saturated rings. The topological polar surface area (TPSA) is 131 Å². The Hall–Kier alpha value is -3.57. The van der Waals surface area contributed by atoms with Crippen molar-refractivity contribution in [2.24, 2.45) is 5.14 Å². The summed E-state index contributed by atoms with van der Waals surface area (Å²) in [6.45, 7) is 3.41. The number of hydrogen-bond acceptors (Lipinski definition) is 7. The molecule has 0 bridgehead atoms. The fraction of sp³-hybridized carbons (Fsp3) is 0.304. The molecule has 0 unspecified atom stereocenters. The minimum Gasteiger partial charge on any atom is -0.508 e. The van der Waals surface area contributed by atoms with Crippen LogP contribution in [-0.4, -0.2) is 60.2 Å². The molecule has 3 N–H and O–H groups in total. The number of nitrogens with zero attached hydrogens (tertiary/aromatic N) is 4. The average molecular weight is 486 g/mol. The first-order chi connectivity index (χ1) is 16.1. The fourth-order valence-electron chi connectivity index (χ4n) is 4.06. The highest BCUT2D eigenvalue weighted by Crippen LogP contribution is 2.28. The highest BCUT2D eigenvalue weighted by molar-refractivity contribution is 7.84. The van der Waals surface area contributed by atoms with Crippen molar-refractivity contribution in [1.82, 2.24) is 14.5 Å². The largest absolute Gasteiger partial charge is 0.508 e. The van der Waals surface area contributed by atoms with Crippen LogP contribution >= 0.6 is 0 Å². The number of rotatable bonds is 5. The van der Waals surface area contributed by atoms with Crippen molar-refractivity contribution in [2.75, 3.05) is 25.0 Å². The van der Waals surface area contributed by atoms with Gasteiger partial charge in [-0.1, -0.05) is 18.2 Å². The van der Waals surface area contributed by atoms with E-state index >= 15 is 0 Å². The molecule has 1 amide bonds. The SMILES string of the molecule is Cc1ccc(N2CCC(N(C)C(=O)n3cnc(-c4cccc(OS(N)(=O)=O)c4)c3)CC2)cc1O. The number of phenols is 1. The maximum Gasteiger partial charge on any atom is 0.380 e. The van der Waals surface area contributed by atoms with Gasteiger partial charge < -0.3 is 19.1 Å². The van der Waals surface area contributed by atoms with Crippen LogP contribution in [0, 0.1) is 6.92 Å². The molecule has 0 radical (unpaired) electrons. The minimum absolute atomic E-state index is 0.0617. The predicted molar refractivity (Wildman–Crippen MR) is 128 cm³/mol. The number of amides is 1. The molecule has 3 aromatic rings. The molecule has 0 atom stereocenters. The highest BCUT2D eigenvalue weighted by atomic mass is 32.2. The Morgan fingerprint density at radius 1 is 1.21 bits per heavy atom. The third-order valence-corrected chi connectivity index (χ3v) is 6.44. The second-order valence-electron chi connectivity index (χ2n) is 8.35. The summed E-state index contributed by atoms with van der Waals surface area (Å²) in [5.41, 5.74) is 2.90. The molecule has 2 heterocycles. The van der Waals surface area contributed by atoms with E-state index in [1.165, 1.54) is 23.0 Å². The third-order valence-electron chi connectivity index (χ3n) is 6.02. The van der Waals surface area contributed by atoms with Gasteiger partial charge in [-0.25, -0.2) is 9.78 Å². The van der Waals surface area contributed by atoms with Crippen molar-refractivity contribution in [2.45, 2.75) is 25.8 Å². The first-order valence-electron chi connectivity index (χ1n) is 10.8. The Labute approximate surface area is 198 Å². The molecule has 1 aromatic heterocycles. The highest BCUT2D eigenvalue weighted by Gasteiger charge is 2.26. The monoisotopic (exact) mass is 485 g/mol. The summed E-state index contributed by atoms with van der Waals surface area (Å²) < 4.78 is 28.5. The van der Waals surface area contributed by atoms with Gasteiger partial charge in [0.05, 0.1) is 5.69 Å². The molecular weight excluding hydrogens is 458 g/mol. The molecule has 34 heavy (non-hydrogen) atoms. The summed E-state index contributed by atoms with van der Waals surface area (Å²) in [5, 5.41) is 14.9. The number of aryl methyl sites for hydroxylation is 1. The Bertz CT molecular complexity index is 1300. The lowest BCUT2D eigenvalue weighted by Crippen LogP contribution is -2.46. The van der Waals surface area contributed by atoms with Gasteiger partial charge in [0.2, 0.25) is 0 Å². The van der Waals surface area contributed by atoms with Crippen LogP contribution in [0.2, 0.25) is 0 Å². The van der Waals surface area contributed by atoms with Crippen molar-refractivity contribution < 1.29 is 22.5 Å². The quantitative estimate of drug-likeness (QED) is 0.568. The van der Waals surface area contributed by atoms with Crippen molar-refractivity contribution >= 4 is 22.0 Å².